The number of hydrogen-bond acceptors (Lipinski definition) is 2. The predicted molar refractivity (Wildman–Crippen MR) is 50.7 cm³/mol. The normalized spacial score (nSPS) is 26.5. The molecule has 0 saturated heterocycles. The fraction of sp³-hybridized carbons (Fsp3) is 1.00. The third kappa shape index (κ3) is 1.09. The molecular formula is C10H20N2. The summed E-state index contributed by atoms with van der Waals surface area (Å²) in [6.07, 6.45) is 8.04. The van der Waals surface area contributed by atoms with Crippen LogP contribution in [0, 0.1) is 11.8 Å². The highest BCUT2D eigenvalue weighted by molar-refractivity contribution is 5.03. The SMILES string of the molecule is NCC(N)(C1CCC1)C1CCC1. The Kier molecular flexibility index (Phi) is 2.13. The first-order valence-electron chi connectivity index (χ1n) is 5.26. The van der Waals surface area contributed by atoms with Gasteiger partial charge in [0.05, 0.1) is 0 Å². The Hall–Kier alpha value is -0.0800. The van der Waals surface area contributed by atoms with Crippen molar-refractivity contribution in [2.45, 2.75) is 44.1 Å². The summed E-state index contributed by atoms with van der Waals surface area (Å²) in [6.45, 7) is 0.697. The van der Waals surface area contributed by atoms with E-state index in [0.717, 1.165) is 11.8 Å². The molecule has 0 spiro atoms. The first kappa shape index (κ1) is 8.52. The summed E-state index contributed by atoms with van der Waals surface area (Å²) in [5.41, 5.74) is 12.2. The van der Waals surface area contributed by atoms with Gasteiger partial charge in [-0.2, -0.15) is 0 Å². The van der Waals surface area contributed by atoms with Gasteiger partial charge in [0, 0.05) is 12.1 Å². The molecule has 12 heavy (non-hydrogen) atoms. The van der Waals surface area contributed by atoms with E-state index in [1.165, 1.54) is 38.5 Å². The minimum Gasteiger partial charge on any atom is -0.329 e. The van der Waals surface area contributed by atoms with E-state index >= 15 is 0 Å². The van der Waals surface area contributed by atoms with E-state index in [1.807, 2.05) is 0 Å². The van der Waals surface area contributed by atoms with Crippen molar-refractivity contribution in [3.05, 3.63) is 0 Å². The zero-order chi connectivity index (χ0) is 8.60. The van der Waals surface area contributed by atoms with Gasteiger partial charge in [0.2, 0.25) is 0 Å². The van der Waals surface area contributed by atoms with Crippen molar-refractivity contribution in [1.82, 2.24) is 0 Å². The van der Waals surface area contributed by atoms with Gasteiger partial charge in [0.15, 0.2) is 0 Å². The van der Waals surface area contributed by atoms with E-state index in [4.69, 9.17) is 11.5 Å². The van der Waals surface area contributed by atoms with Gasteiger partial charge in [-0.1, -0.05) is 12.8 Å². The van der Waals surface area contributed by atoms with Crippen LogP contribution in [0.15, 0.2) is 0 Å². The molecule has 70 valence electrons. The van der Waals surface area contributed by atoms with Crippen LogP contribution in [-0.2, 0) is 0 Å². The van der Waals surface area contributed by atoms with Crippen molar-refractivity contribution in [3.8, 4) is 0 Å². The van der Waals surface area contributed by atoms with Crippen LogP contribution in [0.1, 0.15) is 38.5 Å². The van der Waals surface area contributed by atoms with E-state index in [9.17, 15) is 0 Å². The highest BCUT2D eigenvalue weighted by Crippen LogP contribution is 2.45. The molecule has 4 N–H and O–H groups in total. The van der Waals surface area contributed by atoms with Gasteiger partial charge in [-0.25, -0.2) is 0 Å². The third-order valence-electron chi connectivity index (χ3n) is 4.08. The van der Waals surface area contributed by atoms with Crippen molar-refractivity contribution in [2.75, 3.05) is 6.54 Å². The molecule has 0 aliphatic heterocycles. The molecule has 2 fully saturated rings. The van der Waals surface area contributed by atoms with Gasteiger partial charge in [-0.05, 0) is 37.5 Å². The summed E-state index contributed by atoms with van der Waals surface area (Å²) in [4.78, 5) is 0. The van der Waals surface area contributed by atoms with E-state index in [0.29, 0.717) is 6.54 Å². The van der Waals surface area contributed by atoms with Gasteiger partial charge in [-0.15, -0.1) is 0 Å². The van der Waals surface area contributed by atoms with Gasteiger partial charge >= 0.3 is 0 Å². The summed E-state index contributed by atoms with van der Waals surface area (Å²) < 4.78 is 0. The average molecular weight is 168 g/mol. The molecule has 2 nitrogen and oxygen atoms in total. The second-order valence-corrected chi connectivity index (χ2v) is 4.57. The van der Waals surface area contributed by atoms with Crippen LogP contribution in [0.3, 0.4) is 0 Å². The lowest BCUT2D eigenvalue weighted by Gasteiger charge is -2.50. The van der Waals surface area contributed by atoms with Crippen LogP contribution >= 0.6 is 0 Å². The summed E-state index contributed by atoms with van der Waals surface area (Å²) in [5, 5.41) is 0. The summed E-state index contributed by atoms with van der Waals surface area (Å²) in [5.74, 6) is 1.49. The Balaban J connectivity index is 2.00. The van der Waals surface area contributed by atoms with Gasteiger partial charge in [-0.3, -0.25) is 0 Å². The Morgan fingerprint density at radius 3 is 1.58 bits per heavy atom. The van der Waals surface area contributed by atoms with Gasteiger partial charge < -0.3 is 11.5 Å². The first-order valence-corrected chi connectivity index (χ1v) is 5.26. The van der Waals surface area contributed by atoms with E-state index in [-0.39, 0.29) is 5.54 Å². The fourth-order valence-corrected chi connectivity index (χ4v) is 2.56. The molecule has 2 aliphatic carbocycles. The average Bonchev–Trinajstić information content (AvgIpc) is 1.79. The molecule has 0 atom stereocenters. The van der Waals surface area contributed by atoms with E-state index in [2.05, 4.69) is 0 Å². The van der Waals surface area contributed by atoms with Crippen molar-refractivity contribution < 1.29 is 0 Å². The van der Waals surface area contributed by atoms with Crippen LogP contribution in [0.25, 0.3) is 0 Å². The third-order valence-corrected chi connectivity index (χ3v) is 4.08. The van der Waals surface area contributed by atoms with Crippen molar-refractivity contribution in [2.24, 2.45) is 23.3 Å². The summed E-state index contributed by atoms with van der Waals surface area (Å²) in [7, 11) is 0. The Labute approximate surface area is 74.7 Å². The minimum absolute atomic E-state index is 0.0104. The fourth-order valence-electron chi connectivity index (χ4n) is 2.56. The van der Waals surface area contributed by atoms with Gasteiger partial charge in [0.25, 0.3) is 0 Å². The van der Waals surface area contributed by atoms with E-state index in [1.54, 1.807) is 0 Å². The Bertz CT molecular complexity index is 145. The summed E-state index contributed by atoms with van der Waals surface area (Å²) >= 11 is 0. The second kappa shape index (κ2) is 3.00. The van der Waals surface area contributed by atoms with Crippen LogP contribution in [0.4, 0.5) is 0 Å². The Morgan fingerprint density at radius 2 is 1.42 bits per heavy atom. The highest BCUT2D eigenvalue weighted by Gasteiger charge is 2.45. The van der Waals surface area contributed by atoms with E-state index < -0.39 is 0 Å². The maximum absolute atomic E-state index is 6.38. The maximum atomic E-state index is 6.38. The molecule has 0 bridgehead atoms. The Morgan fingerprint density at radius 1 is 1.00 bits per heavy atom. The first-order chi connectivity index (χ1) is 5.77. The lowest BCUT2D eigenvalue weighted by molar-refractivity contribution is 0.0655. The van der Waals surface area contributed by atoms with Gasteiger partial charge in [0.1, 0.15) is 0 Å². The van der Waals surface area contributed by atoms with Crippen molar-refractivity contribution in [1.29, 1.82) is 0 Å². The summed E-state index contributed by atoms with van der Waals surface area (Å²) in [6, 6.07) is 0. The number of rotatable bonds is 3. The molecule has 0 aromatic heterocycles. The standard InChI is InChI=1S/C10H20N2/c11-7-10(12,8-3-1-4-8)9-5-2-6-9/h8-9H,1-7,11-12H2. The molecule has 0 radical (unpaired) electrons. The number of nitrogens with two attached hydrogens (primary N) is 2. The monoisotopic (exact) mass is 168 g/mol. The maximum Gasteiger partial charge on any atom is 0.0335 e. The molecule has 0 heterocycles. The topological polar surface area (TPSA) is 52.0 Å². The van der Waals surface area contributed by atoms with Crippen LogP contribution in [0.2, 0.25) is 0 Å². The quantitative estimate of drug-likeness (QED) is 0.666. The minimum atomic E-state index is 0.0104. The van der Waals surface area contributed by atoms with Crippen LogP contribution < -0.4 is 11.5 Å². The molecule has 0 amide bonds. The largest absolute Gasteiger partial charge is 0.329 e. The molecule has 0 aromatic carbocycles. The zero-order valence-corrected chi connectivity index (χ0v) is 7.76. The smallest absolute Gasteiger partial charge is 0.0335 e. The highest BCUT2D eigenvalue weighted by atomic mass is 14.9. The molecule has 0 unspecified atom stereocenters. The lowest BCUT2D eigenvalue weighted by Crippen LogP contribution is -2.61. The van der Waals surface area contributed by atoms with Crippen molar-refractivity contribution >= 4 is 0 Å². The molecular weight excluding hydrogens is 148 g/mol. The molecule has 2 aliphatic rings. The molecule has 2 heteroatoms. The zero-order valence-electron chi connectivity index (χ0n) is 7.76. The molecule has 2 saturated carbocycles. The van der Waals surface area contributed by atoms with Crippen LogP contribution in [-0.4, -0.2) is 12.1 Å². The molecule has 2 rings (SSSR count). The second-order valence-electron chi connectivity index (χ2n) is 4.57. The lowest BCUT2D eigenvalue weighted by atomic mass is 9.60. The molecule has 0 aromatic rings. The number of hydrogen-bond donors (Lipinski definition) is 2. The van der Waals surface area contributed by atoms with Crippen molar-refractivity contribution in [3.63, 3.8) is 0 Å². The predicted octanol–water partition coefficient (Wildman–Crippen LogP) is 1.24. The van der Waals surface area contributed by atoms with Crippen LogP contribution in [0.5, 0.6) is 0 Å².